The number of carboxylic acids is 1. The van der Waals surface area contributed by atoms with Crippen LogP contribution in [0.15, 0.2) is 77.9 Å². The zero-order valence-corrected chi connectivity index (χ0v) is 37.8. The third-order valence-corrected chi connectivity index (χ3v) is 13.6. The first kappa shape index (κ1) is 42.9. The summed E-state index contributed by atoms with van der Waals surface area (Å²) in [7, 11) is 0. The number of carbonyl (C=O) groups excluding carboxylic acids is 1. The van der Waals surface area contributed by atoms with Gasteiger partial charge in [0.2, 0.25) is 0 Å². The number of imidazole rings is 1. The fraction of sp³-hybridized carbons (Fsp3) is 0.373. The molecular formula is C51H51FN10O4. The van der Waals surface area contributed by atoms with Gasteiger partial charge in [0.05, 0.1) is 47.7 Å². The molecule has 0 atom stereocenters. The van der Waals surface area contributed by atoms with Gasteiger partial charge in [-0.05, 0) is 111 Å². The number of benzene rings is 2. The van der Waals surface area contributed by atoms with Crippen molar-refractivity contribution in [1.29, 1.82) is 5.26 Å². The van der Waals surface area contributed by atoms with Gasteiger partial charge in [-0.2, -0.15) is 5.26 Å². The summed E-state index contributed by atoms with van der Waals surface area (Å²) in [4.78, 5) is 65.1. The molecular weight excluding hydrogens is 836 g/mol. The highest BCUT2D eigenvalue weighted by Gasteiger charge is 2.52. The Kier molecular flexibility index (Phi) is 10.5. The van der Waals surface area contributed by atoms with Crippen molar-refractivity contribution >= 4 is 34.1 Å². The van der Waals surface area contributed by atoms with Gasteiger partial charge in [0.1, 0.15) is 22.7 Å². The van der Waals surface area contributed by atoms with Crippen LogP contribution in [0.3, 0.4) is 0 Å². The van der Waals surface area contributed by atoms with Gasteiger partial charge < -0.3 is 19.5 Å². The van der Waals surface area contributed by atoms with Gasteiger partial charge in [-0.15, -0.1) is 0 Å². The van der Waals surface area contributed by atoms with E-state index in [1.807, 2.05) is 54.8 Å². The maximum atomic E-state index is 15.2. The highest BCUT2D eigenvalue weighted by molar-refractivity contribution is 5.93. The van der Waals surface area contributed by atoms with Crippen molar-refractivity contribution in [3.05, 3.63) is 134 Å². The van der Waals surface area contributed by atoms with Crippen molar-refractivity contribution in [2.24, 2.45) is 5.41 Å². The van der Waals surface area contributed by atoms with E-state index in [0.717, 1.165) is 60.2 Å². The topological polar surface area (TPSA) is 168 Å². The summed E-state index contributed by atoms with van der Waals surface area (Å²) >= 11 is 0. The number of hydrogen-bond donors (Lipinski definition) is 1. The standard InChI is InChI=1S/C51H51FN10O4/c1-30-21-34(24-35(22-30)51(15-16-51)48(64)65)44-56-31(2)43-46(57-44)62(36-12-18-58(19-13-36)29-50(3,4)5)49(66)61(43)37-10-11-41(55-26-37)47(63)59-20-14-38-39-7-6-17-54-45(39)60(42(38)28-59)27-33-9-8-32(25-53)23-40(33)52/h6-11,17,21-24,26,36H,12-16,18-20,27-29H2,1-5H3,(H,64,65). The van der Waals surface area contributed by atoms with E-state index in [2.05, 4.69) is 35.6 Å². The maximum absolute atomic E-state index is 15.2. The highest BCUT2D eigenvalue weighted by Crippen LogP contribution is 2.49. The van der Waals surface area contributed by atoms with E-state index in [1.165, 1.54) is 6.07 Å². The summed E-state index contributed by atoms with van der Waals surface area (Å²) < 4.78 is 20.6. The monoisotopic (exact) mass is 886 g/mol. The molecule has 1 N–H and O–H groups in total. The number of nitriles is 1. The number of aryl methyl sites for hydroxylation is 2. The number of likely N-dealkylation sites (tertiary alicyclic amines) is 1. The summed E-state index contributed by atoms with van der Waals surface area (Å²) in [6.45, 7) is 14.0. The van der Waals surface area contributed by atoms with Crippen molar-refractivity contribution in [3.63, 3.8) is 0 Å². The maximum Gasteiger partial charge on any atom is 0.335 e. The molecule has 3 aliphatic rings. The summed E-state index contributed by atoms with van der Waals surface area (Å²) in [6.07, 6.45) is 6.48. The smallest absolute Gasteiger partial charge is 0.335 e. The number of aromatic nitrogens is 7. The highest BCUT2D eigenvalue weighted by atomic mass is 19.1. The molecule has 0 spiro atoms. The first-order valence-electron chi connectivity index (χ1n) is 22.6. The Morgan fingerprint density at radius 3 is 2.44 bits per heavy atom. The first-order chi connectivity index (χ1) is 31.6. The third-order valence-electron chi connectivity index (χ3n) is 13.6. The van der Waals surface area contributed by atoms with Gasteiger partial charge in [0, 0.05) is 60.6 Å². The number of rotatable bonds is 9. The van der Waals surface area contributed by atoms with Gasteiger partial charge in [0.25, 0.3) is 5.91 Å². The number of aliphatic carboxylic acids is 1. The van der Waals surface area contributed by atoms with Gasteiger partial charge in [-0.1, -0.05) is 38.5 Å². The second kappa shape index (κ2) is 16.1. The van der Waals surface area contributed by atoms with Gasteiger partial charge in [0.15, 0.2) is 11.5 Å². The average molecular weight is 887 g/mol. The molecule has 15 heteroatoms. The van der Waals surface area contributed by atoms with Crippen LogP contribution in [0.25, 0.3) is 39.3 Å². The molecule has 0 unspecified atom stereocenters. The molecule has 2 aromatic carbocycles. The minimum absolute atomic E-state index is 0.133. The number of halogens is 1. The summed E-state index contributed by atoms with van der Waals surface area (Å²) in [6, 6.07) is 19.3. The number of nitrogens with zero attached hydrogens (tertiary/aromatic N) is 10. The largest absolute Gasteiger partial charge is 0.481 e. The average Bonchev–Trinajstić information content (AvgIpc) is 3.99. The molecule has 1 saturated heterocycles. The van der Waals surface area contributed by atoms with Gasteiger partial charge >= 0.3 is 11.7 Å². The zero-order valence-electron chi connectivity index (χ0n) is 37.8. The van der Waals surface area contributed by atoms with E-state index in [1.54, 1.807) is 50.7 Å². The van der Waals surface area contributed by atoms with Crippen LogP contribution in [0, 0.1) is 36.4 Å². The second-order valence-corrected chi connectivity index (χ2v) is 19.5. The minimum Gasteiger partial charge on any atom is -0.481 e. The lowest BCUT2D eigenvalue weighted by atomic mass is 9.92. The minimum atomic E-state index is -0.908. The molecule has 7 heterocycles. The number of carboxylic acid groups (broad SMARTS) is 1. The molecule has 0 radical (unpaired) electrons. The van der Waals surface area contributed by atoms with Crippen molar-refractivity contribution in [2.75, 3.05) is 26.2 Å². The number of piperidine rings is 1. The molecule has 10 rings (SSSR count). The van der Waals surface area contributed by atoms with Crippen LogP contribution in [0.1, 0.15) is 102 Å². The SMILES string of the molecule is Cc1cc(-c2nc(C)c3c(n2)n(C2CCN(CC(C)(C)C)CC2)c(=O)n3-c2ccc(C(=O)N3CCc4c(n(Cc5ccc(C#N)cc5F)c5ncccc45)C3)nc2)cc(C2(C(=O)O)CC2)c1. The lowest BCUT2D eigenvalue weighted by molar-refractivity contribution is -0.140. The first-order valence-corrected chi connectivity index (χ1v) is 22.6. The molecule has 2 fully saturated rings. The Labute approximate surface area is 381 Å². The van der Waals surface area contributed by atoms with Crippen LogP contribution < -0.4 is 5.69 Å². The number of fused-ring (bicyclic) bond motifs is 4. The van der Waals surface area contributed by atoms with E-state index in [0.29, 0.717) is 71.0 Å². The van der Waals surface area contributed by atoms with Gasteiger partial charge in [-0.25, -0.2) is 29.1 Å². The molecule has 1 aliphatic carbocycles. The Balaban J connectivity index is 0.993. The molecule has 336 valence electrons. The Morgan fingerprint density at radius 2 is 1.76 bits per heavy atom. The van der Waals surface area contributed by atoms with E-state index in [-0.39, 0.29) is 47.4 Å². The predicted molar refractivity (Wildman–Crippen MR) is 247 cm³/mol. The predicted octanol–water partition coefficient (Wildman–Crippen LogP) is 7.67. The number of hydrogen-bond acceptors (Lipinski definition) is 9. The fourth-order valence-electron chi connectivity index (χ4n) is 10.2. The Hall–Kier alpha value is -7.05. The fourth-order valence-corrected chi connectivity index (χ4v) is 10.2. The van der Waals surface area contributed by atoms with Crippen LogP contribution in [-0.4, -0.2) is 86.6 Å². The number of carbonyl (C=O) groups is 2. The molecule has 7 aromatic rings. The molecule has 1 saturated carbocycles. The molecule has 66 heavy (non-hydrogen) atoms. The van der Waals surface area contributed by atoms with E-state index < -0.39 is 17.2 Å². The lowest BCUT2D eigenvalue weighted by Crippen LogP contribution is -2.41. The number of amides is 1. The van der Waals surface area contributed by atoms with Crippen LogP contribution in [0.5, 0.6) is 0 Å². The van der Waals surface area contributed by atoms with Crippen LogP contribution in [0.4, 0.5) is 4.39 Å². The number of pyridine rings is 2. The molecule has 5 aromatic heterocycles. The molecule has 0 bridgehead atoms. The van der Waals surface area contributed by atoms with E-state index in [4.69, 9.17) is 9.97 Å². The lowest BCUT2D eigenvalue weighted by Gasteiger charge is -2.36. The van der Waals surface area contributed by atoms with Crippen molar-refractivity contribution in [2.45, 2.75) is 91.3 Å². The van der Waals surface area contributed by atoms with Crippen LogP contribution in [-0.2, 0) is 29.7 Å². The van der Waals surface area contributed by atoms with Crippen LogP contribution in [0.2, 0.25) is 0 Å². The van der Waals surface area contributed by atoms with Crippen molar-refractivity contribution in [3.8, 4) is 23.1 Å². The Bertz CT molecular complexity index is 3210. The van der Waals surface area contributed by atoms with E-state index >= 15 is 4.39 Å². The molecule has 2 aliphatic heterocycles. The summed E-state index contributed by atoms with van der Waals surface area (Å²) in [5.41, 5.74) is 6.85. The molecule has 14 nitrogen and oxygen atoms in total. The van der Waals surface area contributed by atoms with Crippen molar-refractivity contribution < 1.29 is 19.1 Å². The zero-order chi connectivity index (χ0) is 46.2. The van der Waals surface area contributed by atoms with Crippen molar-refractivity contribution in [1.82, 2.24) is 43.4 Å². The normalized spacial score (nSPS) is 16.4. The quantitative estimate of drug-likeness (QED) is 0.152. The van der Waals surface area contributed by atoms with E-state index in [9.17, 15) is 24.8 Å². The second-order valence-electron chi connectivity index (χ2n) is 19.5. The summed E-state index contributed by atoms with van der Waals surface area (Å²) in [5, 5.41) is 20.4. The van der Waals surface area contributed by atoms with Gasteiger partial charge in [-0.3, -0.25) is 18.7 Å². The molecule has 1 amide bonds. The van der Waals surface area contributed by atoms with Crippen LogP contribution >= 0.6 is 0 Å². The third kappa shape index (κ3) is 7.52. The Morgan fingerprint density at radius 1 is 0.970 bits per heavy atom. The summed E-state index contributed by atoms with van der Waals surface area (Å²) in [5.74, 6) is -1.18.